The first-order chi connectivity index (χ1) is 10.1. The molecule has 2 aromatic carbocycles. The van der Waals surface area contributed by atoms with Crippen LogP contribution >= 0.6 is 11.6 Å². The molecular formula is C17H18ClNO2. The summed E-state index contributed by atoms with van der Waals surface area (Å²) in [5.74, 6) is 0.617. The minimum atomic E-state index is -0.0866. The van der Waals surface area contributed by atoms with E-state index in [1.165, 1.54) is 0 Å². The van der Waals surface area contributed by atoms with Crippen LogP contribution in [0.25, 0.3) is 0 Å². The van der Waals surface area contributed by atoms with Crippen molar-refractivity contribution >= 4 is 17.5 Å². The van der Waals surface area contributed by atoms with Crippen molar-refractivity contribution in [3.63, 3.8) is 0 Å². The molecule has 0 saturated heterocycles. The minimum absolute atomic E-state index is 0.0183. The molecule has 0 spiro atoms. The molecule has 2 rings (SSSR count). The normalized spacial score (nSPS) is 10.2. The van der Waals surface area contributed by atoms with E-state index in [1.54, 1.807) is 11.9 Å². The number of rotatable bonds is 5. The van der Waals surface area contributed by atoms with E-state index in [4.69, 9.17) is 16.3 Å². The monoisotopic (exact) mass is 303 g/mol. The highest BCUT2D eigenvalue weighted by Crippen LogP contribution is 2.17. The van der Waals surface area contributed by atoms with Gasteiger partial charge in [0, 0.05) is 18.6 Å². The fourth-order valence-corrected chi connectivity index (χ4v) is 2.13. The van der Waals surface area contributed by atoms with Gasteiger partial charge in [-0.25, -0.2) is 0 Å². The molecule has 4 heteroatoms. The summed E-state index contributed by atoms with van der Waals surface area (Å²) in [5.41, 5.74) is 2.02. The van der Waals surface area contributed by atoms with Crippen molar-refractivity contribution < 1.29 is 9.53 Å². The molecule has 0 radical (unpaired) electrons. The van der Waals surface area contributed by atoms with E-state index in [-0.39, 0.29) is 12.5 Å². The van der Waals surface area contributed by atoms with Crippen LogP contribution in [-0.2, 0) is 11.3 Å². The lowest BCUT2D eigenvalue weighted by Gasteiger charge is -2.18. The summed E-state index contributed by atoms with van der Waals surface area (Å²) in [4.78, 5) is 13.7. The highest BCUT2D eigenvalue weighted by molar-refractivity contribution is 6.31. The lowest BCUT2D eigenvalue weighted by atomic mass is 10.2. The first kappa shape index (κ1) is 15.4. The molecule has 21 heavy (non-hydrogen) atoms. The predicted octanol–water partition coefficient (Wildman–Crippen LogP) is 3.69. The molecule has 0 aromatic heterocycles. The third-order valence-corrected chi connectivity index (χ3v) is 3.51. The van der Waals surface area contributed by atoms with Crippen LogP contribution in [0.2, 0.25) is 5.02 Å². The van der Waals surface area contributed by atoms with Crippen LogP contribution in [0.5, 0.6) is 5.75 Å². The van der Waals surface area contributed by atoms with Crippen molar-refractivity contribution in [2.75, 3.05) is 13.7 Å². The molecule has 3 nitrogen and oxygen atoms in total. The van der Waals surface area contributed by atoms with E-state index in [1.807, 2.05) is 55.5 Å². The van der Waals surface area contributed by atoms with E-state index in [9.17, 15) is 4.79 Å². The van der Waals surface area contributed by atoms with Crippen LogP contribution in [0.3, 0.4) is 0 Å². The maximum atomic E-state index is 12.1. The van der Waals surface area contributed by atoms with Crippen LogP contribution in [0.4, 0.5) is 0 Å². The van der Waals surface area contributed by atoms with Gasteiger partial charge in [0.05, 0.1) is 0 Å². The van der Waals surface area contributed by atoms with E-state index in [2.05, 4.69) is 0 Å². The largest absolute Gasteiger partial charge is 0.484 e. The second-order valence-corrected chi connectivity index (χ2v) is 5.35. The number of hydrogen-bond donors (Lipinski definition) is 0. The third kappa shape index (κ3) is 4.50. The van der Waals surface area contributed by atoms with Gasteiger partial charge in [-0.2, -0.15) is 0 Å². The molecule has 0 aliphatic rings. The first-order valence-corrected chi connectivity index (χ1v) is 7.11. The summed E-state index contributed by atoms with van der Waals surface area (Å²) >= 11 is 6.09. The number of amides is 1. The average Bonchev–Trinajstić information content (AvgIpc) is 2.47. The van der Waals surface area contributed by atoms with Gasteiger partial charge in [0.25, 0.3) is 5.91 Å². The van der Waals surface area contributed by atoms with Crippen molar-refractivity contribution in [3.8, 4) is 5.75 Å². The van der Waals surface area contributed by atoms with Crippen molar-refractivity contribution in [1.29, 1.82) is 0 Å². The summed E-state index contributed by atoms with van der Waals surface area (Å²) in [7, 11) is 1.74. The zero-order valence-corrected chi connectivity index (χ0v) is 12.9. The molecule has 0 saturated carbocycles. The Kier molecular flexibility index (Phi) is 5.23. The maximum absolute atomic E-state index is 12.1. The number of aryl methyl sites for hydroxylation is 1. The van der Waals surface area contributed by atoms with Crippen molar-refractivity contribution in [2.45, 2.75) is 13.5 Å². The number of nitrogens with zero attached hydrogens (tertiary/aromatic N) is 1. The number of benzene rings is 2. The molecule has 2 aromatic rings. The highest BCUT2D eigenvalue weighted by Gasteiger charge is 2.11. The topological polar surface area (TPSA) is 29.5 Å². The molecule has 0 fully saturated rings. The zero-order valence-electron chi connectivity index (χ0n) is 12.2. The van der Waals surface area contributed by atoms with E-state index in [0.717, 1.165) is 11.1 Å². The number of ether oxygens (including phenoxy) is 1. The number of carbonyl (C=O) groups is 1. The second-order valence-electron chi connectivity index (χ2n) is 4.95. The summed E-state index contributed by atoms with van der Waals surface area (Å²) in [6, 6.07) is 15.1. The summed E-state index contributed by atoms with van der Waals surface area (Å²) in [5, 5.41) is 0.664. The summed E-state index contributed by atoms with van der Waals surface area (Å²) in [6.07, 6.45) is 0. The first-order valence-electron chi connectivity index (χ1n) is 6.73. The Balaban J connectivity index is 1.90. The van der Waals surface area contributed by atoms with Crippen LogP contribution in [0, 0.1) is 6.92 Å². The molecule has 0 bridgehead atoms. The average molecular weight is 304 g/mol. The molecule has 0 heterocycles. The summed E-state index contributed by atoms with van der Waals surface area (Å²) in [6.45, 7) is 2.47. The smallest absolute Gasteiger partial charge is 0.260 e. The van der Waals surface area contributed by atoms with E-state index >= 15 is 0 Å². The molecule has 0 unspecified atom stereocenters. The minimum Gasteiger partial charge on any atom is -0.484 e. The fraction of sp³-hybridized carbons (Fsp3) is 0.235. The molecular weight excluding hydrogens is 286 g/mol. The van der Waals surface area contributed by atoms with Gasteiger partial charge in [-0.3, -0.25) is 4.79 Å². The Morgan fingerprint density at radius 3 is 2.67 bits per heavy atom. The van der Waals surface area contributed by atoms with Crippen LogP contribution in [-0.4, -0.2) is 24.5 Å². The molecule has 0 aliphatic carbocycles. The number of hydrogen-bond acceptors (Lipinski definition) is 2. The Hall–Kier alpha value is -2.00. The Morgan fingerprint density at radius 1 is 1.19 bits per heavy atom. The van der Waals surface area contributed by atoms with Gasteiger partial charge in [-0.05, 0) is 36.2 Å². The lowest BCUT2D eigenvalue weighted by Crippen LogP contribution is -2.31. The van der Waals surface area contributed by atoms with Gasteiger partial charge >= 0.3 is 0 Å². The number of halogens is 1. The van der Waals surface area contributed by atoms with Crippen molar-refractivity contribution in [2.24, 2.45) is 0 Å². The van der Waals surface area contributed by atoms with Crippen molar-refractivity contribution in [3.05, 3.63) is 64.7 Å². The van der Waals surface area contributed by atoms with Gasteiger partial charge in [0.2, 0.25) is 0 Å². The second kappa shape index (κ2) is 7.14. The van der Waals surface area contributed by atoms with Crippen LogP contribution in [0.1, 0.15) is 11.1 Å². The third-order valence-electron chi connectivity index (χ3n) is 3.14. The Morgan fingerprint density at radius 2 is 1.95 bits per heavy atom. The van der Waals surface area contributed by atoms with Crippen molar-refractivity contribution in [1.82, 2.24) is 4.90 Å². The fourth-order valence-electron chi connectivity index (χ4n) is 1.93. The van der Waals surface area contributed by atoms with Gasteiger partial charge in [-0.1, -0.05) is 41.9 Å². The van der Waals surface area contributed by atoms with Crippen LogP contribution in [0.15, 0.2) is 48.5 Å². The zero-order chi connectivity index (χ0) is 15.2. The molecule has 0 atom stereocenters. The van der Waals surface area contributed by atoms with E-state index < -0.39 is 0 Å². The van der Waals surface area contributed by atoms with Gasteiger partial charge in [0.15, 0.2) is 6.61 Å². The summed E-state index contributed by atoms with van der Waals surface area (Å²) < 4.78 is 5.51. The standard InChI is InChI=1S/C17H18ClNO2/c1-13-6-5-8-15(10-13)21-12-17(20)19(2)11-14-7-3-4-9-16(14)18/h3-10H,11-12H2,1-2H3. The lowest BCUT2D eigenvalue weighted by molar-refractivity contribution is -0.132. The Labute approximate surface area is 130 Å². The van der Waals surface area contributed by atoms with E-state index in [0.29, 0.717) is 17.3 Å². The SMILES string of the molecule is Cc1cccc(OCC(=O)N(C)Cc2ccccc2Cl)c1. The van der Waals surface area contributed by atoms with Gasteiger partial charge in [0.1, 0.15) is 5.75 Å². The van der Waals surface area contributed by atoms with Gasteiger partial charge < -0.3 is 9.64 Å². The predicted molar refractivity (Wildman–Crippen MR) is 84.6 cm³/mol. The number of likely N-dealkylation sites (N-methyl/N-ethyl adjacent to an activating group) is 1. The number of carbonyl (C=O) groups excluding carboxylic acids is 1. The molecule has 110 valence electrons. The molecule has 0 N–H and O–H groups in total. The molecule has 1 amide bonds. The highest BCUT2D eigenvalue weighted by atomic mass is 35.5. The maximum Gasteiger partial charge on any atom is 0.260 e. The molecule has 0 aliphatic heterocycles. The van der Waals surface area contributed by atoms with Gasteiger partial charge in [-0.15, -0.1) is 0 Å². The Bertz CT molecular complexity index is 628. The quantitative estimate of drug-likeness (QED) is 0.843. The van der Waals surface area contributed by atoms with Crippen LogP contribution < -0.4 is 4.74 Å².